The number of piperidine rings is 1. The Balaban J connectivity index is 1.94. The highest BCUT2D eigenvalue weighted by Gasteiger charge is 2.44. The summed E-state index contributed by atoms with van der Waals surface area (Å²) in [7, 11) is 0. The van der Waals surface area contributed by atoms with Gasteiger partial charge in [-0.15, -0.1) is 0 Å². The smallest absolute Gasteiger partial charge is 0.229 e. The number of likely N-dealkylation sites (tertiary alicyclic amines) is 1. The molecule has 17 heavy (non-hydrogen) atoms. The molecule has 2 amide bonds. The molecule has 1 saturated heterocycles. The van der Waals surface area contributed by atoms with E-state index in [0.29, 0.717) is 19.4 Å². The third-order valence-electron chi connectivity index (χ3n) is 4.30. The Bertz CT molecular complexity index is 285. The van der Waals surface area contributed by atoms with Crippen molar-refractivity contribution in [1.29, 1.82) is 0 Å². The Kier molecular flexibility index (Phi) is 3.85. The maximum Gasteiger partial charge on any atom is 0.229 e. The molecule has 3 heteroatoms. The predicted molar refractivity (Wildman–Crippen MR) is 66.4 cm³/mol. The maximum atomic E-state index is 12.1. The molecule has 0 atom stereocenters. The van der Waals surface area contributed by atoms with E-state index in [-0.39, 0.29) is 17.2 Å². The number of carbonyl (C=O) groups is 2. The molecule has 1 saturated carbocycles. The second-order valence-corrected chi connectivity index (χ2v) is 5.71. The van der Waals surface area contributed by atoms with Crippen LogP contribution in [0.5, 0.6) is 0 Å². The number of rotatable bonds is 4. The van der Waals surface area contributed by atoms with E-state index in [1.165, 1.54) is 17.7 Å². The van der Waals surface area contributed by atoms with Gasteiger partial charge >= 0.3 is 0 Å². The Morgan fingerprint density at radius 1 is 1.06 bits per heavy atom. The minimum atomic E-state index is 0.0510. The van der Waals surface area contributed by atoms with Crippen LogP contribution in [0, 0.1) is 5.41 Å². The van der Waals surface area contributed by atoms with Gasteiger partial charge in [0.1, 0.15) is 0 Å². The molecule has 0 aromatic carbocycles. The first-order valence-electron chi connectivity index (χ1n) is 7.00. The highest BCUT2D eigenvalue weighted by Crippen LogP contribution is 2.46. The molecular weight excluding hydrogens is 214 g/mol. The second kappa shape index (κ2) is 5.19. The quantitative estimate of drug-likeness (QED) is 0.557. The minimum absolute atomic E-state index is 0.0510. The van der Waals surface area contributed by atoms with Crippen molar-refractivity contribution in [1.82, 2.24) is 4.90 Å². The Morgan fingerprint density at radius 3 is 2.18 bits per heavy atom. The molecule has 0 bridgehead atoms. The van der Waals surface area contributed by atoms with E-state index in [1.807, 2.05) is 0 Å². The lowest BCUT2D eigenvalue weighted by Crippen LogP contribution is -2.47. The van der Waals surface area contributed by atoms with Crippen LogP contribution in [0.4, 0.5) is 0 Å². The zero-order valence-electron chi connectivity index (χ0n) is 10.8. The summed E-state index contributed by atoms with van der Waals surface area (Å²) in [5.74, 6) is 0.165. The number of unbranched alkanes of at least 4 members (excludes halogenated alkanes) is 2. The molecule has 0 N–H and O–H groups in total. The Labute approximate surface area is 104 Å². The van der Waals surface area contributed by atoms with Gasteiger partial charge in [-0.25, -0.2) is 0 Å². The highest BCUT2D eigenvalue weighted by atomic mass is 16.2. The van der Waals surface area contributed by atoms with Gasteiger partial charge in [0.2, 0.25) is 11.8 Å². The summed E-state index contributed by atoms with van der Waals surface area (Å²) in [6, 6.07) is 0. The molecule has 1 heterocycles. The van der Waals surface area contributed by atoms with Crippen molar-refractivity contribution in [2.45, 2.75) is 64.7 Å². The third kappa shape index (κ3) is 2.70. The maximum absolute atomic E-state index is 12.1. The first kappa shape index (κ1) is 12.6. The van der Waals surface area contributed by atoms with Gasteiger partial charge in [0.15, 0.2) is 0 Å². The van der Waals surface area contributed by atoms with Crippen LogP contribution in [0.2, 0.25) is 0 Å². The van der Waals surface area contributed by atoms with Crippen LogP contribution in [0.3, 0.4) is 0 Å². The Hall–Kier alpha value is -0.860. The normalized spacial score (nSPS) is 23.7. The van der Waals surface area contributed by atoms with Crippen LogP contribution >= 0.6 is 0 Å². The Morgan fingerprint density at radius 2 is 1.65 bits per heavy atom. The van der Waals surface area contributed by atoms with Crippen molar-refractivity contribution >= 4 is 11.8 Å². The molecule has 2 aliphatic rings. The summed E-state index contributed by atoms with van der Waals surface area (Å²) in [4.78, 5) is 25.6. The average molecular weight is 237 g/mol. The van der Waals surface area contributed by atoms with E-state index < -0.39 is 0 Å². The fourth-order valence-corrected chi connectivity index (χ4v) is 3.28. The molecule has 1 aliphatic heterocycles. The lowest BCUT2D eigenvalue weighted by atomic mass is 9.76. The van der Waals surface area contributed by atoms with E-state index >= 15 is 0 Å². The van der Waals surface area contributed by atoms with Crippen molar-refractivity contribution < 1.29 is 9.59 Å². The van der Waals surface area contributed by atoms with Crippen LogP contribution in [0.25, 0.3) is 0 Å². The van der Waals surface area contributed by atoms with Gasteiger partial charge in [0, 0.05) is 19.4 Å². The van der Waals surface area contributed by atoms with Gasteiger partial charge in [-0.1, -0.05) is 32.6 Å². The average Bonchev–Trinajstić information content (AvgIpc) is 2.70. The third-order valence-corrected chi connectivity index (χ3v) is 4.30. The summed E-state index contributed by atoms with van der Waals surface area (Å²) in [6.07, 6.45) is 8.95. The lowest BCUT2D eigenvalue weighted by molar-refractivity contribution is -0.153. The summed E-state index contributed by atoms with van der Waals surface area (Å²) in [5, 5.41) is 0. The minimum Gasteiger partial charge on any atom is -0.283 e. The number of carbonyl (C=O) groups excluding carboxylic acids is 2. The van der Waals surface area contributed by atoms with Gasteiger partial charge in [0.25, 0.3) is 0 Å². The van der Waals surface area contributed by atoms with E-state index in [2.05, 4.69) is 6.92 Å². The lowest BCUT2D eigenvalue weighted by Gasteiger charge is -2.37. The standard InChI is InChI=1S/C14H23NO2/c1-2-3-6-9-15-12(16)10-14(11-13(15)17)7-4-5-8-14/h2-11H2,1H3. The molecule has 0 aromatic rings. The number of hydrogen-bond acceptors (Lipinski definition) is 2. The van der Waals surface area contributed by atoms with Crippen molar-refractivity contribution in [3.63, 3.8) is 0 Å². The fraction of sp³-hybridized carbons (Fsp3) is 0.857. The highest BCUT2D eigenvalue weighted by molar-refractivity contribution is 5.98. The monoisotopic (exact) mass is 237 g/mol. The topological polar surface area (TPSA) is 37.4 Å². The van der Waals surface area contributed by atoms with Crippen LogP contribution < -0.4 is 0 Å². The van der Waals surface area contributed by atoms with Crippen LogP contribution in [0.1, 0.15) is 64.7 Å². The molecule has 1 aliphatic carbocycles. The van der Waals surface area contributed by atoms with Gasteiger partial charge in [0.05, 0.1) is 0 Å². The van der Waals surface area contributed by atoms with E-state index in [4.69, 9.17) is 0 Å². The van der Waals surface area contributed by atoms with Crippen LogP contribution in [-0.2, 0) is 9.59 Å². The molecule has 0 aromatic heterocycles. The zero-order valence-corrected chi connectivity index (χ0v) is 10.8. The van der Waals surface area contributed by atoms with Gasteiger partial charge in [-0.3, -0.25) is 14.5 Å². The summed E-state index contributed by atoms with van der Waals surface area (Å²) in [6.45, 7) is 2.77. The van der Waals surface area contributed by atoms with Gasteiger partial charge in [-0.2, -0.15) is 0 Å². The van der Waals surface area contributed by atoms with Crippen molar-refractivity contribution in [3.8, 4) is 0 Å². The number of amides is 2. The molecule has 96 valence electrons. The first-order valence-corrected chi connectivity index (χ1v) is 7.00. The largest absolute Gasteiger partial charge is 0.283 e. The summed E-state index contributed by atoms with van der Waals surface area (Å²) >= 11 is 0. The number of hydrogen-bond donors (Lipinski definition) is 0. The molecule has 3 nitrogen and oxygen atoms in total. The molecule has 0 unspecified atom stereocenters. The SMILES string of the molecule is CCCCCN1C(=O)CC2(CCCC2)CC1=O. The summed E-state index contributed by atoms with van der Waals surface area (Å²) < 4.78 is 0. The van der Waals surface area contributed by atoms with Crippen molar-refractivity contribution in [2.75, 3.05) is 6.54 Å². The molecule has 1 spiro atoms. The van der Waals surface area contributed by atoms with Crippen LogP contribution in [0.15, 0.2) is 0 Å². The molecular formula is C14H23NO2. The van der Waals surface area contributed by atoms with Crippen molar-refractivity contribution in [3.05, 3.63) is 0 Å². The second-order valence-electron chi connectivity index (χ2n) is 5.71. The number of imide groups is 1. The molecule has 0 radical (unpaired) electrons. The van der Waals surface area contributed by atoms with E-state index in [0.717, 1.165) is 32.1 Å². The van der Waals surface area contributed by atoms with Gasteiger partial charge in [-0.05, 0) is 24.7 Å². The molecule has 2 fully saturated rings. The van der Waals surface area contributed by atoms with Gasteiger partial charge < -0.3 is 0 Å². The van der Waals surface area contributed by atoms with E-state index in [1.54, 1.807) is 0 Å². The number of nitrogens with zero attached hydrogens (tertiary/aromatic N) is 1. The predicted octanol–water partition coefficient (Wildman–Crippen LogP) is 2.89. The molecule has 2 rings (SSSR count). The zero-order chi connectivity index (χ0) is 12.3. The van der Waals surface area contributed by atoms with Crippen LogP contribution in [-0.4, -0.2) is 23.3 Å². The first-order chi connectivity index (χ1) is 8.17. The van der Waals surface area contributed by atoms with E-state index in [9.17, 15) is 9.59 Å². The fourth-order valence-electron chi connectivity index (χ4n) is 3.28. The summed E-state index contributed by atoms with van der Waals surface area (Å²) in [5.41, 5.74) is 0.0510. The van der Waals surface area contributed by atoms with Crippen molar-refractivity contribution in [2.24, 2.45) is 5.41 Å².